The smallest absolute Gasteiger partial charge is 0.308 e. The molecule has 2 aliphatic rings. The van der Waals surface area contributed by atoms with Crippen LogP contribution in [0.5, 0.6) is 11.5 Å². The Morgan fingerprint density at radius 2 is 1.96 bits per heavy atom. The van der Waals surface area contributed by atoms with Crippen molar-refractivity contribution in [1.29, 1.82) is 0 Å². The average molecular weight is 348 g/mol. The van der Waals surface area contributed by atoms with Gasteiger partial charge < -0.3 is 19.9 Å². The number of carbonyl (C=O) groups excluding carboxylic acids is 1. The molecular formula is C18H24N2O5. The van der Waals surface area contributed by atoms with Gasteiger partial charge in [-0.15, -0.1) is 0 Å². The van der Waals surface area contributed by atoms with E-state index in [-0.39, 0.29) is 30.7 Å². The van der Waals surface area contributed by atoms with Gasteiger partial charge in [-0.05, 0) is 38.5 Å². The standard InChI is InChI=1S/C18H24N2O5/c1-18(2,3)19-16(21)9-20-7-12(13(8-20)17(22)23)11-4-5-14-15(6-11)25-10-24-14/h4-6,12-13H,7-10H2,1-3H3,(H,19,21)(H,22,23)/t12-,13+/m1/s1. The third-order valence-corrected chi connectivity index (χ3v) is 4.42. The summed E-state index contributed by atoms with van der Waals surface area (Å²) in [5.74, 6) is -0.359. The van der Waals surface area contributed by atoms with Crippen molar-refractivity contribution in [2.75, 3.05) is 26.4 Å². The van der Waals surface area contributed by atoms with Crippen LogP contribution < -0.4 is 14.8 Å². The van der Waals surface area contributed by atoms with E-state index in [0.717, 1.165) is 5.56 Å². The Balaban J connectivity index is 1.73. The van der Waals surface area contributed by atoms with Crippen LogP contribution in [0.4, 0.5) is 0 Å². The van der Waals surface area contributed by atoms with Gasteiger partial charge in [0.25, 0.3) is 0 Å². The lowest BCUT2D eigenvalue weighted by Gasteiger charge is -2.23. The maximum Gasteiger partial charge on any atom is 0.308 e. The Bertz CT molecular complexity index is 683. The van der Waals surface area contributed by atoms with Crippen molar-refractivity contribution >= 4 is 11.9 Å². The fourth-order valence-electron chi connectivity index (χ4n) is 3.41. The minimum Gasteiger partial charge on any atom is -0.481 e. The summed E-state index contributed by atoms with van der Waals surface area (Å²) < 4.78 is 10.7. The van der Waals surface area contributed by atoms with Crippen molar-refractivity contribution in [2.45, 2.75) is 32.2 Å². The monoisotopic (exact) mass is 348 g/mol. The number of benzene rings is 1. The largest absolute Gasteiger partial charge is 0.481 e. The SMILES string of the molecule is CC(C)(C)NC(=O)CN1C[C@H](C(=O)O)[C@@H](c2ccc3c(c2)OCO3)C1. The van der Waals surface area contributed by atoms with Crippen molar-refractivity contribution in [3.63, 3.8) is 0 Å². The van der Waals surface area contributed by atoms with Crippen molar-refractivity contribution in [3.8, 4) is 11.5 Å². The Morgan fingerprint density at radius 3 is 2.64 bits per heavy atom. The van der Waals surface area contributed by atoms with Gasteiger partial charge in [0.15, 0.2) is 11.5 Å². The van der Waals surface area contributed by atoms with Gasteiger partial charge in [0, 0.05) is 24.5 Å². The molecule has 2 N–H and O–H groups in total. The molecule has 0 aliphatic carbocycles. The molecule has 2 heterocycles. The van der Waals surface area contributed by atoms with Crippen molar-refractivity contribution in [3.05, 3.63) is 23.8 Å². The quantitative estimate of drug-likeness (QED) is 0.856. The highest BCUT2D eigenvalue weighted by Gasteiger charge is 2.39. The summed E-state index contributed by atoms with van der Waals surface area (Å²) in [6, 6.07) is 5.54. The molecular weight excluding hydrogens is 324 g/mol. The molecule has 2 atom stereocenters. The first kappa shape index (κ1) is 17.5. The molecule has 1 fully saturated rings. The van der Waals surface area contributed by atoms with Crippen LogP contribution in [0.25, 0.3) is 0 Å². The van der Waals surface area contributed by atoms with Gasteiger partial charge in [0.2, 0.25) is 12.7 Å². The normalized spacial score (nSPS) is 22.8. The summed E-state index contributed by atoms with van der Waals surface area (Å²) in [4.78, 5) is 25.7. The number of carboxylic acids is 1. The number of carbonyl (C=O) groups is 2. The number of nitrogens with one attached hydrogen (secondary N) is 1. The summed E-state index contributed by atoms with van der Waals surface area (Å²) in [6.45, 7) is 7.02. The highest BCUT2D eigenvalue weighted by Crippen LogP contribution is 2.39. The van der Waals surface area contributed by atoms with Gasteiger partial charge >= 0.3 is 5.97 Å². The molecule has 2 aliphatic heterocycles. The first-order chi connectivity index (χ1) is 11.7. The lowest BCUT2D eigenvalue weighted by molar-refractivity contribution is -0.141. The molecule has 1 saturated heterocycles. The molecule has 1 amide bonds. The zero-order chi connectivity index (χ0) is 18.2. The van der Waals surface area contributed by atoms with E-state index in [9.17, 15) is 14.7 Å². The van der Waals surface area contributed by atoms with Gasteiger partial charge in [0.05, 0.1) is 12.5 Å². The maximum absolute atomic E-state index is 12.2. The van der Waals surface area contributed by atoms with Gasteiger partial charge in [-0.1, -0.05) is 6.07 Å². The third-order valence-electron chi connectivity index (χ3n) is 4.42. The minimum atomic E-state index is -0.846. The number of rotatable bonds is 4. The van der Waals surface area contributed by atoms with Crippen LogP contribution in [-0.2, 0) is 9.59 Å². The van der Waals surface area contributed by atoms with E-state index in [1.54, 1.807) is 0 Å². The first-order valence-corrected chi connectivity index (χ1v) is 8.38. The highest BCUT2D eigenvalue weighted by atomic mass is 16.7. The van der Waals surface area contributed by atoms with Crippen LogP contribution in [0.1, 0.15) is 32.3 Å². The number of hydrogen-bond donors (Lipinski definition) is 2. The Labute approximate surface area is 146 Å². The van der Waals surface area contributed by atoms with E-state index >= 15 is 0 Å². The topological polar surface area (TPSA) is 88.1 Å². The zero-order valence-corrected chi connectivity index (χ0v) is 14.7. The van der Waals surface area contributed by atoms with E-state index in [0.29, 0.717) is 24.6 Å². The number of amides is 1. The first-order valence-electron chi connectivity index (χ1n) is 8.38. The molecule has 3 rings (SSSR count). The van der Waals surface area contributed by atoms with Gasteiger partial charge in [0.1, 0.15) is 0 Å². The molecule has 0 radical (unpaired) electrons. The summed E-state index contributed by atoms with van der Waals surface area (Å²) >= 11 is 0. The molecule has 1 aromatic carbocycles. The van der Waals surface area contributed by atoms with E-state index < -0.39 is 11.9 Å². The van der Waals surface area contributed by atoms with Crippen molar-refractivity contribution < 1.29 is 24.2 Å². The molecule has 0 saturated carbocycles. The molecule has 25 heavy (non-hydrogen) atoms. The maximum atomic E-state index is 12.2. The number of ether oxygens (including phenoxy) is 2. The Kier molecular flexibility index (Phi) is 4.60. The second kappa shape index (κ2) is 6.55. The summed E-state index contributed by atoms with van der Waals surface area (Å²) in [6.07, 6.45) is 0. The fourth-order valence-corrected chi connectivity index (χ4v) is 3.41. The molecule has 7 nitrogen and oxygen atoms in total. The van der Waals surface area contributed by atoms with Gasteiger partial charge in [-0.2, -0.15) is 0 Å². The Hall–Kier alpha value is -2.28. The minimum absolute atomic E-state index is 0.0945. The van der Waals surface area contributed by atoms with Crippen LogP contribution in [0.15, 0.2) is 18.2 Å². The summed E-state index contributed by atoms with van der Waals surface area (Å²) in [5, 5.41) is 12.5. The van der Waals surface area contributed by atoms with Crippen molar-refractivity contribution in [2.24, 2.45) is 5.92 Å². The highest BCUT2D eigenvalue weighted by molar-refractivity contribution is 5.79. The van der Waals surface area contributed by atoms with Crippen LogP contribution in [0.2, 0.25) is 0 Å². The summed E-state index contributed by atoms with van der Waals surface area (Å²) in [7, 11) is 0. The van der Waals surface area contributed by atoms with Gasteiger partial charge in [-0.3, -0.25) is 14.5 Å². The fraction of sp³-hybridized carbons (Fsp3) is 0.556. The van der Waals surface area contributed by atoms with E-state index in [1.807, 2.05) is 43.9 Å². The number of likely N-dealkylation sites (tertiary alicyclic amines) is 1. The lowest BCUT2D eigenvalue weighted by atomic mass is 9.89. The van der Waals surface area contributed by atoms with Crippen LogP contribution in [0.3, 0.4) is 0 Å². The Morgan fingerprint density at radius 1 is 1.24 bits per heavy atom. The lowest BCUT2D eigenvalue weighted by Crippen LogP contribution is -2.45. The van der Waals surface area contributed by atoms with Crippen LogP contribution in [-0.4, -0.2) is 53.8 Å². The van der Waals surface area contributed by atoms with Crippen LogP contribution in [0, 0.1) is 5.92 Å². The second-order valence-electron chi connectivity index (χ2n) is 7.66. The van der Waals surface area contributed by atoms with Crippen molar-refractivity contribution in [1.82, 2.24) is 10.2 Å². The zero-order valence-electron chi connectivity index (χ0n) is 14.7. The predicted molar refractivity (Wildman–Crippen MR) is 90.8 cm³/mol. The number of nitrogens with zero attached hydrogens (tertiary/aromatic N) is 1. The molecule has 7 heteroatoms. The molecule has 0 aromatic heterocycles. The molecule has 1 aromatic rings. The number of fused-ring (bicyclic) bond motifs is 1. The molecule has 0 unspecified atom stereocenters. The number of hydrogen-bond acceptors (Lipinski definition) is 5. The molecule has 136 valence electrons. The predicted octanol–water partition coefficient (Wildman–Crippen LogP) is 1.43. The van der Waals surface area contributed by atoms with Crippen LogP contribution >= 0.6 is 0 Å². The number of carboxylic acid groups (broad SMARTS) is 1. The number of aliphatic carboxylic acids is 1. The molecule has 0 bridgehead atoms. The van der Waals surface area contributed by atoms with Gasteiger partial charge in [-0.25, -0.2) is 0 Å². The second-order valence-corrected chi connectivity index (χ2v) is 7.66. The summed E-state index contributed by atoms with van der Waals surface area (Å²) in [5.41, 5.74) is 0.593. The molecule has 0 spiro atoms. The average Bonchev–Trinajstić information content (AvgIpc) is 3.10. The van der Waals surface area contributed by atoms with E-state index in [4.69, 9.17) is 9.47 Å². The van der Waals surface area contributed by atoms with E-state index in [2.05, 4.69) is 5.32 Å². The van der Waals surface area contributed by atoms with E-state index in [1.165, 1.54) is 0 Å². The third kappa shape index (κ3) is 4.04.